The Balaban J connectivity index is 1.99. The van der Waals surface area contributed by atoms with Crippen molar-refractivity contribution in [3.63, 3.8) is 0 Å². The zero-order valence-electron chi connectivity index (χ0n) is 9.45. The monoisotopic (exact) mass is 307 g/mol. The van der Waals surface area contributed by atoms with Gasteiger partial charge in [-0.25, -0.2) is 0 Å². The quantitative estimate of drug-likeness (QED) is 0.905. The van der Waals surface area contributed by atoms with Crippen LogP contribution in [-0.2, 0) is 5.41 Å². The molecule has 2 aromatic rings. The molecule has 0 unspecified atom stereocenters. The fourth-order valence-electron chi connectivity index (χ4n) is 2.13. The molecule has 1 nitrogen and oxygen atoms in total. The summed E-state index contributed by atoms with van der Waals surface area (Å²) in [5.74, 6) is 0. The molecule has 0 bridgehead atoms. The van der Waals surface area contributed by atoms with Gasteiger partial charge >= 0.3 is 0 Å². The molecule has 3 heteroatoms. The van der Waals surface area contributed by atoms with Gasteiger partial charge in [0.25, 0.3) is 0 Å². The van der Waals surface area contributed by atoms with Gasteiger partial charge in [-0.3, -0.25) is 0 Å². The predicted molar refractivity (Wildman–Crippen MR) is 77.4 cm³/mol. The summed E-state index contributed by atoms with van der Waals surface area (Å²) in [5, 5.41) is 0. The highest BCUT2D eigenvalue weighted by Crippen LogP contribution is 2.51. The highest BCUT2D eigenvalue weighted by atomic mass is 79.9. The summed E-state index contributed by atoms with van der Waals surface area (Å²) in [5.41, 5.74) is 7.46. The second kappa shape index (κ2) is 4.23. The maximum atomic E-state index is 5.88. The second-order valence-electron chi connectivity index (χ2n) is 4.63. The van der Waals surface area contributed by atoms with Crippen LogP contribution in [0.25, 0.3) is 10.4 Å². The van der Waals surface area contributed by atoms with E-state index in [1.165, 1.54) is 28.2 Å². The lowest BCUT2D eigenvalue weighted by Gasteiger charge is -2.08. The summed E-state index contributed by atoms with van der Waals surface area (Å²) in [6.07, 6.45) is 2.50. The maximum absolute atomic E-state index is 5.88. The average Bonchev–Trinajstić information content (AvgIpc) is 3.00. The fraction of sp³-hybridized carbons (Fsp3) is 0.286. The van der Waals surface area contributed by atoms with Crippen molar-refractivity contribution in [1.29, 1.82) is 0 Å². The Bertz CT molecular complexity index is 543. The second-order valence-corrected chi connectivity index (χ2v) is 6.57. The highest BCUT2D eigenvalue weighted by Gasteiger charge is 2.44. The first-order chi connectivity index (χ1) is 8.25. The van der Waals surface area contributed by atoms with E-state index in [4.69, 9.17) is 5.73 Å². The molecule has 1 saturated carbocycles. The summed E-state index contributed by atoms with van der Waals surface area (Å²) < 4.78 is 1.16. The lowest BCUT2D eigenvalue weighted by molar-refractivity contribution is 0.720. The molecule has 88 valence electrons. The van der Waals surface area contributed by atoms with Gasteiger partial charge in [-0.1, -0.05) is 34.1 Å². The molecule has 2 N–H and O–H groups in total. The zero-order chi connectivity index (χ0) is 11.9. The van der Waals surface area contributed by atoms with E-state index in [0.29, 0.717) is 5.41 Å². The molecule has 0 atom stereocenters. The largest absolute Gasteiger partial charge is 0.330 e. The van der Waals surface area contributed by atoms with E-state index >= 15 is 0 Å². The first-order valence-electron chi connectivity index (χ1n) is 5.80. The molecule has 1 aliphatic rings. The van der Waals surface area contributed by atoms with Crippen LogP contribution in [0.15, 0.2) is 40.9 Å². The van der Waals surface area contributed by atoms with Gasteiger partial charge in [0.1, 0.15) is 0 Å². The number of nitrogens with two attached hydrogens (primary N) is 1. The molecular formula is C14H14BrNS. The van der Waals surface area contributed by atoms with Crippen molar-refractivity contribution < 1.29 is 0 Å². The number of halogens is 1. The van der Waals surface area contributed by atoms with Gasteiger partial charge in [-0.2, -0.15) is 0 Å². The molecule has 0 radical (unpaired) electrons. The van der Waals surface area contributed by atoms with Gasteiger partial charge in [0.15, 0.2) is 0 Å². The van der Waals surface area contributed by atoms with Gasteiger partial charge in [-0.15, -0.1) is 11.3 Å². The van der Waals surface area contributed by atoms with E-state index in [1.54, 1.807) is 0 Å². The van der Waals surface area contributed by atoms with Crippen molar-refractivity contribution in [2.24, 2.45) is 5.73 Å². The van der Waals surface area contributed by atoms with E-state index in [0.717, 1.165) is 11.0 Å². The smallest absolute Gasteiger partial charge is 0.0357 e. The third-order valence-corrected chi connectivity index (χ3v) is 5.57. The Kier molecular flexibility index (Phi) is 2.85. The molecule has 1 aliphatic carbocycles. The molecule has 3 rings (SSSR count). The minimum absolute atomic E-state index is 0.310. The van der Waals surface area contributed by atoms with Crippen LogP contribution in [0.2, 0.25) is 0 Å². The van der Waals surface area contributed by atoms with Crippen LogP contribution >= 0.6 is 27.3 Å². The van der Waals surface area contributed by atoms with Crippen LogP contribution in [0.3, 0.4) is 0 Å². The van der Waals surface area contributed by atoms with Gasteiger partial charge < -0.3 is 5.73 Å². The van der Waals surface area contributed by atoms with E-state index in [-0.39, 0.29) is 0 Å². The standard InChI is InChI=1S/C14H14BrNS/c15-11-4-2-1-3-10(11)12-5-6-13(17-12)14(9-16)7-8-14/h1-6H,7-9,16H2. The molecule has 1 fully saturated rings. The van der Waals surface area contributed by atoms with Crippen LogP contribution in [0.4, 0.5) is 0 Å². The van der Waals surface area contributed by atoms with Crippen molar-refractivity contribution in [2.45, 2.75) is 18.3 Å². The van der Waals surface area contributed by atoms with Crippen molar-refractivity contribution in [2.75, 3.05) is 6.54 Å². The Hall–Kier alpha value is -0.640. The Labute approximate surface area is 114 Å². The Morgan fingerprint density at radius 2 is 1.94 bits per heavy atom. The molecule has 1 aromatic carbocycles. The predicted octanol–water partition coefficient (Wildman–Crippen LogP) is 4.17. The molecule has 0 spiro atoms. The van der Waals surface area contributed by atoms with Crippen LogP contribution in [-0.4, -0.2) is 6.54 Å². The minimum Gasteiger partial charge on any atom is -0.330 e. The molecule has 0 saturated heterocycles. The molecule has 0 aliphatic heterocycles. The Morgan fingerprint density at radius 3 is 2.59 bits per heavy atom. The number of hydrogen-bond acceptors (Lipinski definition) is 2. The maximum Gasteiger partial charge on any atom is 0.0357 e. The number of thiophene rings is 1. The summed E-state index contributed by atoms with van der Waals surface area (Å²) in [6.45, 7) is 0.781. The summed E-state index contributed by atoms with van der Waals surface area (Å²) in [4.78, 5) is 2.78. The van der Waals surface area contributed by atoms with E-state index < -0.39 is 0 Å². The SMILES string of the molecule is NCC1(c2ccc(-c3ccccc3Br)s2)CC1. The number of hydrogen-bond donors (Lipinski definition) is 1. The zero-order valence-corrected chi connectivity index (χ0v) is 11.9. The van der Waals surface area contributed by atoms with Crippen molar-refractivity contribution >= 4 is 27.3 Å². The number of rotatable bonds is 3. The lowest BCUT2D eigenvalue weighted by atomic mass is 10.1. The van der Waals surface area contributed by atoms with E-state index in [9.17, 15) is 0 Å². The molecule has 1 heterocycles. The number of benzene rings is 1. The summed E-state index contributed by atoms with van der Waals surface area (Å²) in [6, 6.07) is 12.8. The van der Waals surface area contributed by atoms with Gasteiger partial charge in [0.2, 0.25) is 0 Å². The van der Waals surface area contributed by atoms with Crippen LogP contribution in [0, 0.1) is 0 Å². The van der Waals surface area contributed by atoms with E-state index in [2.05, 4.69) is 46.3 Å². The Morgan fingerprint density at radius 1 is 1.18 bits per heavy atom. The van der Waals surface area contributed by atoms with Gasteiger partial charge in [0, 0.05) is 31.8 Å². The van der Waals surface area contributed by atoms with Gasteiger partial charge in [0.05, 0.1) is 0 Å². The van der Waals surface area contributed by atoms with Crippen molar-refractivity contribution in [3.05, 3.63) is 45.7 Å². The third-order valence-electron chi connectivity index (χ3n) is 3.51. The van der Waals surface area contributed by atoms with Crippen molar-refractivity contribution in [3.8, 4) is 10.4 Å². The molecular weight excluding hydrogens is 294 g/mol. The lowest BCUT2D eigenvalue weighted by Crippen LogP contribution is -2.18. The van der Waals surface area contributed by atoms with E-state index in [1.807, 2.05) is 17.4 Å². The fourth-order valence-corrected chi connectivity index (χ4v) is 4.06. The normalized spacial score (nSPS) is 17.1. The van der Waals surface area contributed by atoms with Crippen molar-refractivity contribution in [1.82, 2.24) is 0 Å². The van der Waals surface area contributed by atoms with Crippen LogP contribution in [0.5, 0.6) is 0 Å². The van der Waals surface area contributed by atoms with Crippen LogP contribution < -0.4 is 5.73 Å². The molecule has 17 heavy (non-hydrogen) atoms. The summed E-state index contributed by atoms with van der Waals surface area (Å²) >= 11 is 5.49. The summed E-state index contributed by atoms with van der Waals surface area (Å²) in [7, 11) is 0. The molecule has 1 aromatic heterocycles. The first kappa shape index (κ1) is 11.5. The third kappa shape index (κ3) is 1.96. The van der Waals surface area contributed by atoms with Gasteiger partial charge in [-0.05, 0) is 31.0 Å². The first-order valence-corrected chi connectivity index (χ1v) is 7.41. The average molecular weight is 308 g/mol. The van der Waals surface area contributed by atoms with Crippen LogP contribution in [0.1, 0.15) is 17.7 Å². The minimum atomic E-state index is 0.310. The topological polar surface area (TPSA) is 26.0 Å². The molecule has 0 amide bonds. The highest BCUT2D eigenvalue weighted by molar-refractivity contribution is 9.10.